The lowest BCUT2D eigenvalue weighted by molar-refractivity contribution is -0.141. The highest BCUT2D eigenvalue weighted by Crippen LogP contribution is 2.36. The summed E-state index contributed by atoms with van der Waals surface area (Å²) in [6, 6.07) is 14.5. The number of aromatic nitrogens is 1. The van der Waals surface area contributed by atoms with E-state index in [1.807, 2.05) is 57.2 Å². The van der Waals surface area contributed by atoms with Crippen molar-refractivity contribution < 1.29 is 23.9 Å². The second kappa shape index (κ2) is 13.5. The number of cyclic esters (lactones) is 1. The van der Waals surface area contributed by atoms with Crippen LogP contribution in [0.5, 0.6) is 5.75 Å². The van der Waals surface area contributed by atoms with Crippen LogP contribution in [0.4, 0.5) is 4.79 Å². The normalized spacial score (nSPS) is 23.4. The molecule has 2 aromatic carbocycles. The number of aryl methyl sites for hydroxylation is 2. The number of rotatable bonds is 3. The SMILES string of the molecule is CCc1cc2nc(-c3ccccc3)cc3c2cc1CCCCC(C)COC(=O)N[C@@H](C(C)(C)C)C(=O)N1C[C@@H](C[C@H]1C(N)=O)O3. The summed E-state index contributed by atoms with van der Waals surface area (Å²) in [7, 11) is 0. The van der Waals surface area contributed by atoms with E-state index in [1.165, 1.54) is 16.0 Å². The minimum Gasteiger partial charge on any atom is -0.488 e. The number of amides is 3. The summed E-state index contributed by atoms with van der Waals surface area (Å²) in [5, 5.41) is 3.69. The lowest BCUT2D eigenvalue weighted by Gasteiger charge is -2.34. The molecule has 1 saturated heterocycles. The highest BCUT2D eigenvalue weighted by Gasteiger charge is 2.45. The minimum atomic E-state index is -0.926. The van der Waals surface area contributed by atoms with Crippen molar-refractivity contribution in [1.29, 1.82) is 0 Å². The fourth-order valence-electron chi connectivity index (χ4n) is 6.41. The molecule has 5 rings (SSSR count). The van der Waals surface area contributed by atoms with E-state index >= 15 is 0 Å². The van der Waals surface area contributed by atoms with Crippen molar-refractivity contribution in [2.45, 2.75) is 91.3 Å². The third-order valence-corrected chi connectivity index (χ3v) is 8.98. The topological polar surface area (TPSA) is 124 Å². The van der Waals surface area contributed by atoms with Gasteiger partial charge in [-0.25, -0.2) is 9.78 Å². The molecule has 9 heteroatoms. The second-order valence-corrected chi connectivity index (χ2v) is 13.6. The van der Waals surface area contributed by atoms with E-state index < -0.39 is 35.6 Å². The minimum absolute atomic E-state index is 0.150. The Balaban J connectivity index is 1.59. The molecule has 9 nitrogen and oxygen atoms in total. The van der Waals surface area contributed by atoms with Crippen LogP contribution in [0.2, 0.25) is 0 Å². The average molecular weight is 615 g/mol. The van der Waals surface area contributed by atoms with Gasteiger partial charge in [0.1, 0.15) is 23.9 Å². The van der Waals surface area contributed by atoms with Crippen LogP contribution in [0.1, 0.15) is 71.4 Å². The first-order valence-corrected chi connectivity index (χ1v) is 16.2. The average Bonchev–Trinajstić information content (AvgIpc) is 3.44. The Morgan fingerprint density at radius 1 is 1.11 bits per heavy atom. The van der Waals surface area contributed by atoms with E-state index in [4.69, 9.17) is 20.2 Å². The molecule has 240 valence electrons. The van der Waals surface area contributed by atoms with E-state index in [2.05, 4.69) is 31.3 Å². The van der Waals surface area contributed by atoms with Crippen LogP contribution in [0.3, 0.4) is 0 Å². The molecule has 3 aromatic rings. The molecule has 0 aliphatic carbocycles. The van der Waals surface area contributed by atoms with Gasteiger partial charge in [0.15, 0.2) is 0 Å². The molecule has 0 saturated carbocycles. The van der Waals surface area contributed by atoms with Crippen molar-refractivity contribution in [3.8, 4) is 17.0 Å². The third kappa shape index (κ3) is 7.40. The number of fused-ring (bicyclic) bond motifs is 3. The summed E-state index contributed by atoms with van der Waals surface area (Å²) in [5.74, 6) is -0.172. The summed E-state index contributed by atoms with van der Waals surface area (Å²) < 4.78 is 12.3. The van der Waals surface area contributed by atoms with Crippen LogP contribution >= 0.6 is 0 Å². The van der Waals surface area contributed by atoms with E-state index in [0.29, 0.717) is 5.75 Å². The Labute approximate surface area is 265 Å². The molecule has 1 unspecified atom stereocenters. The molecule has 0 spiro atoms. The van der Waals surface area contributed by atoms with Gasteiger partial charge in [-0.2, -0.15) is 0 Å². The van der Waals surface area contributed by atoms with Crippen LogP contribution < -0.4 is 15.8 Å². The maximum absolute atomic E-state index is 14.0. The predicted octanol–water partition coefficient (Wildman–Crippen LogP) is 5.80. The number of benzene rings is 2. The number of nitrogens with two attached hydrogens (primary N) is 1. The molecule has 3 amide bonds. The molecule has 2 aliphatic heterocycles. The van der Waals surface area contributed by atoms with Gasteiger partial charge in [0.2, 0.25) is 11.8 Å². The predicted molar refractivity (Wildman–Crippen MR) is 175 cm³/mol. The van der Waals surface area contributed by atoms with Gasteiger partial charge < -0.3 is 25.4 Å². The van der Waals surface area contributed by atoms with Gasteiger partial charge in [0.25, 0.3) is 0 Å². The molecule has 45 heavy (non-hydrogen) atoms. The molecular formula is C36H46N4O5. The van der Waals surface area contributed by atoms with Crippen LogP contribution in [0.25, 0.3) is 22.2 Å². The maximum Gasteiger partial charge on any atom is 0.407 e. The molecule has 1 fully saturated rings. The smallest absolute Gasteiger partial charge is 0.407 e. The number of nitrogens with zero attached hydrogens (tertiary/aromatic N) is 2. The molecular weight excluding hydrogens is 568 g/mol. The quantitative estimate of drug-likeness (QED) is 0.384. The zero-order valence-corrected chi connectivity index (χ0v) is 27.1. The standard InChI is InChI=1S/C36H46N4O5/c1-6-23-17-29-27-16-25(23)15-11-10-12-22(2)21-44-35(43)39-32(36(3,4)5)34(42)40-20-26(18-30(40)33(37)41)45-31(27)19-28(38-29)24-13-8-7-9-14-24/h7-9,13-14,16-17,19,22,26,30,32H,6,10-12,15,18,20-21H2,1-5H3,(H2,37,41)(H,39,43)/t22?,26-,30+,32-/m1/s1. The van der Waals surface area contributed by atoms with Gasteiger partial charge in [-0.15, -0.1) is 0 Å². The first-order chi connectivity index (χ1) is 21.4. The van der Waals surface area contributed by atoms with Crippen LogP contribution in [-0.4, -0.2) is 59.1 Å². The Kier molecular flexibility index (Phi) is 9.65. The van der Waals surface area contributed by atoms with E-state index in [0.717, 1.165) is 54.3 Å². The van der Waals surface area contributed by atoms with Crippen LogP contribution in [0.15, 0.2) is 48.5 Å². The number of pyridine rings is 1. The molecule has 3 N–H and O–H groups in total. The van der Waals surface area contributed by atoms with Gasteiger partial charge in [0.05, 0.1) is 24.4 Å². The van der Waals surface area contributed by atoms with Crippen molar-refractivity contribution in [3.05, 3.63) is 59.7 Å². The van der Waals surface area contributed by atoms with Crippen LogP contribution in [-0.2, 0) is 27.2 Å². The molecule has 0 radical (unpaired) electrons. The summed E-state index contributed by atoms with van der Waals surface area (Å²) >= 11 is 0. The lowest BCUT2D eigenvalue weighted by Crippen LogP contribution is -2.57. The van der Waals surface area contributed by atoms with Crippen molar-refractivity contribution in [2.24, 2.45) is 17.1 Å². The fraction of sp³-hybridized carbons (Fsp3) is 0.500. The molecule has 3 heterocycles. The number of nitrogens with one attached hydrogen (secondary N) is 1. The fourth-order valence-corrected chi connectivity index (χ4v) is 6.41. The number of alkyl carbamates (subject to hydrolysis) is 1. The summed E-state index contributed by atoms with van der Waals surface area (Å²) in [6.45, 7) is 10.2. The zero-order valence-electron chi connectivity index (χ0n) is 27.1. The summed E-state index contributed by atoms with van der Waals surface area (Å²) in [5.41, 5.74) is 10.3. The molecule has 4 atom stereocenters. The molecule has 2 aliphatic rings. The first kappa shape index (κ1) is 32.3. The Bertz CT molecular complexity index is 1550. The van der Waals surface area contributed by atoms with Gasteiger partial charge in [0, 0.05) is 23.4 Å². The number of hydrogen-bond donors (Lipinski definition) is 2. The lowest BCUT2D eigenvalue weighted by atomic mass is 9.85. The number of primary amides is 1. The highest BCUT2D eigenvalue weighted by atomic mass is 16.5. The van der Waals surface area contributed by atoms with Crippen LogP contribution in [0, 0.1) is 11.3 Å². The monoisotopic (exact) mass is 614 g/mol. The number of carbonyl (C=O) groups is 3. The van der Waals surface area contributed by atoms with E-state index in [-0.39, 0.29) is 31.4 Å². The summed E-state index contributed by atoms with van der Waals surface area (Å²) in [6.07, 6.45) is 3.80. The summed E-state index contributed by atoms with van der Waals surface area (Å²) in [4.78, 5) is 46.1. The van der Waals surface area contributed by atoms with Crippen molar-refractivity contribution in [2.75, 3.05) is 13.2 Å². The molecule has 4 bridgehead atoms. The van der Waals surface area contributed by atoms with Crippen molar-refractivity contribution in [3.63, 3.8) is 0 Å². The first-order valence-electron chi connectivity index (χ1n) is 16.2. The number of hydrogen-bond acceptors (Lipinski definition) is 6. The van der Waals surface area contributed by atoms with Gasteiger partial charge >= 0.3 is 6.09 Å². The highest BCUT2D eigenvalue weighted by molar-refractivity contribution is 5.92. The Hall–Kier alpha value is -4.14. The van der Waals surface area contributed by atoms with Crippen molar-refractivity contribution in [1.82, 2.24) is 15.2 Å². The number of ether oxygens (including phenoxy) is 2. The van der Waals surface area contributed by atoms with E-state index in [9.17, 15) is 14.4 Å². The molecule has 1 aromatic heterocycles. The number of carbonyl (C=O) groups excluding carboxylic acids is 3. The third-order valence-electron chi connectivity index (χ3n) is 8.98. The zero-order chi connectivity index (χ0) is 32.3. The van der Waals surface area contributed by atoms with E-state index in [1.54, 1.807) is 0 Å². The van der Waals surface area contributed by atoms with Gasteiger partial charge in [-0.05, 0) is 60.3 Å². The maximum atomic E-state index is 14.0. The van der Waals surface area contributed by atoms with Gasteiger partial charge in [-0.1, -0.05) is 71.4 Å². The Morgan fingerprint density at radius 3 is 2.56 bits per heavy atom. The van der Waals surface area contributed by atoms with Gasteiger partial charge in [-0.3, -0.25) is 9.59 Å². The Morgan fingerprint density at radius 2 is 1.87 bits per heavy atom. The largest absolute Gasteiger partial charge is 0.488 e. The second-order valence-electron chi connectivity index (χ2n) is 13.6. The van der Waals surface area contributed by atoms with Crippen molar-refractivity contribution >= 4 is 28.8 Å².